The first-order valence-electron chi connectivity index (χ1n) is 8.30. The molecule has 0 atom stereocenters. The maximum atomic E-state index is 12.1. The van der Waals surface area contributed by atoms with Crippen molar-refractivity contribution in [1.29, 1.82) is 0 Å². The van der Waals surface area contributed by atoms with Gasteiger partial charge in [0.05, 0.1) is 11.3 Å². The first-order chi connectivity index (χ1) is 13.6. The van der Waals surface area contributed by atoms with Crippen LogP contribution in [0.1, 0.15) is 16.8 Å². The standard InChI is InChI=1S/C16H17N9O3/c26-16(12-2-5-17-6-3-12)23-22-15-13(25(27)28)14(20-10-21-15)19-4-1-8-24-9-7-18-11-24/h2-3,5-7,9-11H,1,4,8H2,(H,23,26)(H2,19,20,21,22). The van der Waals surface area contributed by atoms with Crippen LogP contribution in [0.25, 0.3) is 0 Å². The molecular weight excluding hydrogens is 366 g/mol. The number of nitrogens with zero attached hydrogens (tertiary/aromatic N) is 6. The summed E-state index contributed by atoms with van der Waals surface area (Å²) in [6, 6.07) is 3.03. The third-order valence-electron chi connectivity index (χ3n) is 3.69. The van der Waals surface area contributed by atoms with E-state index in [1.54, 1.807) is 12.5 Å². The average Bonchev–Trinajstić information content (AvgIpc) is 3.23. The zero-order valence-corrected chi connectivity index (χ0v) is 14.6. The molecule has 0 unspecified atom stereocenters. The van der Waals surface area contributed by atoms with Gasteiger partial charge in [0.15, 0.2) is 0 Å². The summed E-state index contributed by atoms with van der Waals surface area (Å²) in [4.78, 5) is 38.5. The summed E-state index contributed by atoms with van der Waals surface area (Å²) in [5.74, 6) is -0.545. The molecule has 3 N–H and O–H groups in total. The SMILES string of the molecule is O=C(NNc1ncnc(NCCCn2ccnc2)c1[N+](=O)[O-])c1ccncc1. The lowest BCUT2D eigenvalue weighted by molar-refractivity contribution is -0.383. The van der Waals surface area contributed by atoms with E-state index >= 15 is 0 Å². The molecule has 0 aliphatic carbocycles. The summed E-state index contributed by atoms with van der Waals surface area (Å²) in [6.07, 6.45) is 10.0. The van der Waals surface area contributed by atoms with Crippen molar-refractivity contribution in [3.05, 3.63) is 65.3 Å². The zero-order chi connectivity index (χ0) is 19.8. The quantitative estimate of drug-likeness (QED) is 0.281. The van der Waals surface area contributed by atoms with Gasteiger partial charge in [-0.05, 0) is 18.6 Å². The van der Waals surface area contributed by atoms with Crippen LogP contribution >= 0.6 is 0 Å². The molecule has 0 bridgehead atoms. The Hall–Kier alpha value is -4.09. The fourth-order valence-electron chi connectivity index (χ4n) is 2.35. The predicted octanol–water partition coefficient (Wildman–Crippen LogP) is 1.24. The van der Waals surface area contributed by atoms with Crippen LogP contribution in [0.15, 0.2) is 49.6 Å². The lowest BCUT2D eigenvalue weighted by Crippen LogP contribution is -2.30. The lowest BCUT2D eigenvalue weighted by Gasteiger charge is -2.11. The average molecular weight is 383 g/mol. The van der Waals surface area contributed by atoms with Crippen LogP contribution in [-0.2, 0) is 6.54 Å². The highest BCUT2D eigenvalue weighted by atomic mass is 16.6. The molecule has 3 rings (SSSR count). The van der Waals surface area contributed by atoms with E-state index < -0.39 is 10.8 Å². The number of hydrazine groups is 1. The molecule has 12 nitrogen and oxygen atoms in total. The van der Waals surface area contributed by atoms with Gasteiger partial charge >= 0.3 is 5.69 Å². The van der Waals surface area contributed by atoms with Gasteiger partial charge in [0.1, 0.15) is 6.33 Å². The van der Waals surface area contributed by atoms with Crippen LogP contribution < -0.4 is 16.2 Å². The Balaban J connectivity index is 1.63. The van der Waals surface area contributed by atoms with Gasteiger partial charge in [-0.25, -0.2) is 15.0 Å². The van der Waals surface area contributed by atoms with Crippen molar-refractivity contribution in [2.75, 3.05) is 17.3 Å². The Morgan fingerprint density at radius 1 is 1.14 bits per heavy atom. The van der Waals surface area contributed by atoms with E-state index in [1.807, 2.05) is 10.8 Å². The maximum Gasteiger partial charge on any atom is 0.354 e. The molecular formula is C16H17N9O3. The Morgan fingerprint density at radius 2 is 1.93 bits per heavy atom. The number of carbonyl (C=O) groups excluding carboxylic acids is 1. The maximum absolute atomic E-state index is 12.1. The molecule has 1 amide bonds. The Kier molecular flexibility index (Phi) is 6.02. The molecule has 0 saturated carbocycles. The molecule has 12 heteroatoms. The molecule has 28 heavy (non-hydrogen) atoms. The molecule has 3 aromatic heterocycles. The Bertz CT molecular complexity index is 932. The summed E-state index contributed by atoms with van der Waals surface area (Å²) < 4.78 is 1.90. The van der Waals surface area contributed by atoms with Crippen LogP contribution in [0.4, 0.5) is 17.3 Å². The van der Waals surface area contributed by atoms with Gasteiger partial charge in [-0.2, -0.15) is 0 Å². The zero-order valence-electron chi connectivity index (χ0n) is 14.6. The van der Waals surface area contributed by atoms with Gasteiger partial charge in [0, 0.05) is 43.4 Å². The van der Waals surface area contributed by atoms with Crippen LogP contribution in [0.2, 0.25) is 0 Å². The fraction of sp³-hybridized carbons (Fsp3) is 0.188. The predicted molar refractivity (Wildman–Crippen MR) is 99.3 cm³/mol. The highest BCUT2D eigenvalue weighted by Crippen LogP contribution is 2.28. The number of nitrogens with one attached hydrogen (secondary N) is 3. The summed E-state index contributed by atoms with van der Waals surface area (Å²) in [5, 5.41) is 14.4. The second-order valence-corrected chi connectivity index (χ2v) is 5.57. The molecule has 0 aliphatic rings. The lowest BCUT2D eigenvalue weighted by atomic mass is 10.3. The number of aryl methyl sites for hydroxylation is 1. The first kappa shape index (κ1) is 18.7. The molecule has 0 radical (unpaired) electrons. The fourth-order valence-corrected chi connectivity index (χ4v) is 2.35. The molecule has 144 valence electrons. The number of imidazole rings is 1. The van der Waals surface area contributed by atoms with Crippen molar-refractivity contribution in [3.8, 4) is 0 Å². The Labute approximate surface area is 159 Å². The number of aromatic nitrogens is 5. The summed E-state index contributed by atoms with van der Waals surface area (Å²) in [5.41, 5.74) is 4.84. The van der Waals surface area contributed by atoms with Crippen LogP contribution in [0.3, 0.4) is 0 Å². The molecule has 0 spiro atoms. The second-order valence-electron chi connectivity index (χ2n) is 5.57. The van der Waals surface area contributed by atoms with Crippen molar-refractivity contribution in [1.82, 2.24) is 29.9 Å². The van der Waals surface area contributed by atoms with E-state index in [0.29, 0.717) is 25.1 Å². The van der Waals surface area contributed by atoms with Crippen molar-refractivity contribution in [2.45, 2.75) is 13.0 Å². The van der Waals surface area contributed by atoms with E-state index in [-0.39, 0.29) is 17.3 Å². The highest BCUT2D eigenvalue weighted by Gasteiger charge is 2.23. The number of nitro groups is 1. The van der Waals surface area contributed by atoms with Gasteiger partial charge < -0.3 is 9.88 Å². The van der Waals surface area contributed by atoms with Crippen molar-refractivity contribution < 1.29 is 9.72 Å². The van der Waals surface area contributed by atoms with E-state index in [9.17, 15) is 14.9 Å². The number of pyridine rings is 1. The van der Waals surface area contributed by atoms with Gasteiger partial charge in [0.2, 0.25) is 11.6 Å². The molecule has 0 saturated heterocycles. The summed E-state index contributed by atoms with van der Waals surface area (Å²) in [6.45, 7) is 1.16. The highest BCUT2D eigenvalue weighted by molar-refractivity contribution is 5.94. The smallest absolute Gasteiger partial charge is 0.354 e. The number of rotatable bonds is 9. The van der Waals surface area contributed by atoms with Crippen molar-refractivity contribution in [2.24, 2.45) is 0 Å². The molecule has 0 aromatic carbocycles. The van der Waals surface area contributed by atoms with Crippen molar-refractivity contribution >= 4 is 23.2 Å². The number of carbonyl (C=O) groups is 1. The number of hydrogen-bond acceptors (Lipinski definition) is 9. The minimum atomic E-state index is -0.612. The van der Waals surface area contributed by atoms with E-state index in [1.165, 1.54) is 30.9 Å². The molecule has 3 aromatic rings. The van der Waals surface area contributed by atoms with Crippen molar-refractivity contribution in [3.63, 3.8) is 0 Å². The van der Waals surface area contributed by atoms with E-state index in [4.69, 9.17) is 0 Å². The minimum Gasteiger partial charge on any atom is -0.364 e. The summed E-state index contributed by atoms with van der Waals surface area (Å²) >= 11 is 0. The number of anilines is 2. The second kappa shape index (κ2) is 9.02. The van der Waals surface area contributed by atoms with Crippen LogP contribution in [-0.4, -0.2) is 41.9 Å². The van der Waals surface area contributed by atoms with E-state index in [0.717, 1.165) is 0 Å². The topological polar surface area (TPSA) is 153 Å². The normalized spacial score (nSPS) is 10.3. The van der Waals surface area contributed by atoms with Gasteiger partial charge in [0.25, 0.3) is 5.91 Å². The largest absolute Gasteiger partial charge is 0.364 e. The van der Waals surface area contributed by atoms with Gasteiger partial charge in [-0.1, -0.05) is 0 Å². The third kappa shape index (κ3) is 4.75. The number of amides is 1. The summed E-state index contributed by atoms with van der Waals surface area (Å²) in [7, 11) is 0. The molecule has 0 fully saturated rings. The third-order valence-corrected chi connectivity index (χ3v) is 3.69. The van der Waals surface area contributed by atoms with Gasteiger partial charge in [-0.15, -0.1) is 0 Å². The number of hydrogen-bond donors (Lipinski definition) is 3. The molecule has 3 heterocycles. The first-order valence-corrected chi connectivity index (χ1v) is 8.30. The van der Waals surface area contributed by atoms with E-state index in [2.05, 4.69) is 36.1 Å². The van der Waals surface area contributed by atoms with Crippen LogP contribution in [0.5, 0.6) is 0 Å². The monoisotopic (exact) mass is 383 g/mol. The minimum absolute atomic E-state index is 0.0614. The Morgan fingerprint density at radius 3 is 2.64 bits per heavy atom. The van der Waals surface area contributed by atoms with Gasteiger partial charge in [-0.3, -0.25) is 30.7 Å². The molecule has 0 aliphatic heterocycles. The van der Waals surface area contributed by atoms with Crippen LogP contribution in [0, 0.1) is 10.1 Å².